The fourth-order valence-corrected chi connectivity index (χ4v) is 3.35. The largest absolute Gasteiger partial charge is 0.339 e. The minimum atomic E-state index is -0.224. The van der Waals surface area contributed by atoms with Gasteiger partial charge in [0.15, 0.2) is 0 Å². The lowest BCUT2D eigenvalue weighted by Gasteiger charge is -2.37. The molecular formula is C18H24N4O. The van der Waals surface area contributed by atoms with Crippen LogP contribution in [0.15, 0.2) is 49.1 Å². The summed E-state index contributed by atoms with van der Waals surface area (Å²) in [6, 6.07) is 10.1. The van der Waals surface area contributed by atoms with Crippen LogP contribution in [0.25, 0.3) is 0 Å². The number of hydrogen-bond acceptors (Lipinski definition) is 3. The van der Waals surface area contributed by atoms with Crippen molar-refractivity contribution in [2.75, 3.05) is 27.2 Å². The third-order valence-corrected chi connectivity index (χ3v) is 4.52. The van der Waals surface area contributed by atoms with Gasteiger partial charge in [-0.3, -0.25) is 9.69 Å². The molecule has 1 aliphatic heterocycles. The number of amides is 1. The molecule has 2 atom stereocenters. The van der Waals surface area contributed by atoms with E-state index in [1.807, 2.05) is 66.8 Å². The minimum absolute atomic E-state index is 0.186. The van der Waals surface area contributed by atoms with Crippen molar-refractivity contribution in [1.29, 1.82) is 0 Å². The highest BCUT2D eigenvalue weighted by Crippen LogP contribution is 2.26. The number of likely N-dealkylation sites (tertiary alicyclic amines) is 1. The zero-order valence-corrected chi connectivity index (χ0v) is 13.8. The first-order valence-electron chi connectivity index (χ1n) is 8.14. The lowest BCUT2D eigenvalue weighted by atomic mass is 10.0. The van der Waals surface area contributed by atoms with Crippen molar-refractivity contribution in [3.8, 4) is 0 Å². The highest BCUT2D eigenvalue weighted by atomic mass is 16.2. The topological polar surface area (TPSA) is 41.4 Å². The van der Waals surface area contributed by atoms with Crippen LogP contribution in [0.4, 0.5) is 0 Å². The first kappa shape index (κ1) is 15.7. The minimum Gasteiger partial charge on any atom is -0.339 e. The third kappa shape index (κ3) is 3.45. The van der Waals surface area contributed by atoms with E-state index in [9.17, 15) is 4.79 Å². The number of imidazole rings is 1. The second-order valence-corrected chi connectivity index (χ2v) is 6.37. The molecule has 1 aromatic heterocycles. The normalized spacial score (nSPS) is 19.8. The third-order valence-electron chi connectivity index (χ3n) is 4.52. The van der Waals surface area contributed by atoms with Crippen LogP contribution < -0.4 is 0 Å². The molecule has 2 heterocycles. The van der Waals surface area contributed by atoms with Gasteiger partial charge in [0.05, 0.1) is 12.4 Å². The number of benzene rings is 1. The van der Waals surface area contributed by atoms with Gasteiger partial charge < -0.3 is 9.47 Å². The van der Waals surface area contributed by atoms with E-state index in [4.69, 9.17) is 0 Å². The van der Waals surface area contributed by atoms with Crippen LogP contribution in [0.3, 0.4) is 0 Å². The Hall–Kier alpha value is -2.14. The van der Waals surface area contributed by atoms with E-state index in [1.165, 1.54) is 0 Å². The SMILES string of the molecule is CN(C)[C@H](C(=O)N1CCC[C@@H](n2ccnc2)C1)c1ccccc1. The van der Waals surface area contributed by atoms with Crippen molar-refractivity contribution in [1.82, 2.24) is 19.4 Å². The van der Waals surface area contributed by atoms with Gasteiger partial charge >= 0.3 is 0 Å². The number of carbonyl (C=O) groups is 1. The van der Waals surface area contributed by atoms with Crippen LogP contribution in [0.2, 0.25) is 0 Å². The number of likely N-dealkylation sites (N-methyl/N-ethyl adjacent to an activating group) is 1. The standard InChI is InChI=1S/C18H24N4O/c1-20(2)17(15-7-4-3-5-8-15)18(23)21-11-6-9-16(13-21)22-12-10-19-14-22/h3-5,7-8,10,12,14,16-17H,6,9,11,13H2,1-2H3/t16-,17+/m1/s1. The molecule has 0 bridgehead atoms. The van der Waals surface area contributed by atoms with Crippen LogP contribution in [0.1, 0.15) is 30.5 Å². The summed E-state index contributed by atoms with van der Waals surface area (Å²) in [5.41, 5.74) is 1.05. The van der Waals surface area contributed by atoms with Crippen LogP contribution in [-0.2, 0) is 4.79 Å². The summed E-state index contributed by atoms with van der Waals surface area (Å²) >= 11 is 0. The highest BCUT2D eigenvalue weighted by molar-refractivity contribution is 5.83. The molecule has 0 aliphatic carbocycles. The Labute approximate surface area is 137 Å². The van der Waals surface area contributed by atoms with Gasteiger partial charge in [-0.15, -0.1) is 0 Å². The summed E-state index contributed by atoms with van der Waals surface area (Å²) in [4.78, 5) is 21.2. The maximum atomic E-state index is 13.1. The molecule has 0 spiro atoms. The second kappa shape index (κ2) is 6.96. The Bertz CT molecular complexity index is 624. The quantitative estimate of drug-likeness (QED) is 0.870. The van der Waals surface area contributed by atoms with Gasteiger partial charge in [-0.1, -0.05) is 30.3 Å². The van der Waals surface area contributed by atoms with Gasteiger partial charge in [-0.25, -0.2) is 4.98 Å². The van der Waals surface area contributed by atoms with E-state index in [2.05, 4.69) is 9.55 Å². The van der Waals surface area contributed by atoms with Gasteiger partial charge in [0.1, 0.15) is 6.04 Å². The molecule has 0 N–H and O–H groups in total. The predicted molar refractivity (Wildman–Crippen MR) is 89.9 cm³/mol. The van der Waals surface area contributed by atoms with Crippen LogP contribution in [0, 0.1) is 0 Å². The Kier molecular flexibility index (Phi) is 4.76. The molecule has 5 nitrogen and oxygen atoms in total. The smallest absolute Gasteiger partial charge is 0.244 e. The number of rotatable bonds is 4. The first-order valence-corrected chi connectivity index (χ1v) is 8.14. The lowest BCUT2D eigenvalue weighted by molar-refractivity contribution is -0.138. The monoisotopic (exact) mass is 312 g/mol. The Morgan fingerprint density at radius 1 is 1.30 bits per heavy atom. The number of hydrogen-bond donors (Lipinski definition) is 0. The van der Waals surface area contributed by atoms with Crippen molar-refractivity contribution < 1.29 is 4.79 Å². The molecule has 122 valence electrons. The molecule has 1 amide bonds. The van der Waals surface area contributed by atoms with Gasteiger partial charge in [0.2, 0.25) is 5.91 Å². The lowest BCUT2D eigenvalue weighted by Crippen LogP contribution is -2.45. The summed E-state index contributed by atoms with van der Waals surface area (Å²) in [5, 5.41) is 0. The van der Waals surface area contributed by atoms with Gasteiger partial charge in [-0.05, 0) is 32.5 Å². The van der Waals surface area contributed by atoms with E-state index >= 15 is 0 Å². The van der Waals surface area contributed by atoms with Crippen molar-refractivity contribution in [3.05, 3.63) is 54.6 Å². The van der Waals surface area contributed by atoms with Crippen molar-refractivity contribution >= 4 is 5.91 Å². The number of carbonyl (C=O) groups excluding carboxylic acids is 1. The maximum absolute atomic E-state index is 13.1. The fourth-order valence-electron chi connectivity index (χ4n) is 3.35. The molecular weight excluding hydrogens is 288 g/mol. The van der Waals surface area contributed by atoms with Gasteiger partial charge in [0.25, 0.3) is 0 Å². The molecule has 5 heteroatoms. The summed E-state index contributed by atoms with van der Waals surface area (Å²) in [6.07, 6.45) is 7.76. The summed E-state index contributed by atoms with van der Waals surface area (Å²) in [6.45, 7) is 1.59. The molecule has 1 saturated heterocycles. The Morgan fingerprint density at radius 2 is 2.09 bits per heavy atom. The van der Waals surface area contributed by atoms with Crippen LogP contribution in [0.5, 0.6) is 0 Å². The molecule has 0 saturated carbocycles. The fraction of sp³-hybridized carbons (Fsp3) is 0.444. The molecule has 23 heavy (non-hydrogen) atoms. The second-order valence-electron chi connectivity index (χ2n) is 6.37. The molecule has 3 rings (SSSR count). The zero-order valence-electron chi connectivity index (χ0n) is 13.8. The zero-order chi connectivity index (χ0) is 16.2. The Balaban J connectivity index is 1.77. The molecule has 1 aromatic carbocycles. The Morgan fingerprint density at radius 3 is 2.74 bits per heavy atom. The first-order chi connectivity index (χ1) is 11.2. The number of nitrogens with zero attached hydrogens (tertiary/aromatic N) is 4. The summed E-state index contributed by atoms with van der Waals surface area (Å²) in [7, 11) is 3.93. The van der Waals surface area contributed by atoms with Crippen molar-refractivity contribution in [2.24, 2.45) is 0 Å². The number of piperidine rings is 1. The van der Waals surface area contributed by atoms with Crippen molar-refractivity contribution in [2.45, 2.75) is 24.9 Å². The highest BCUT2D eigenvalue weighted by Gasteiger charge is 2.31. The average molecular weight is 312 g/mol. The van der Waals surface area contributed by atoms with E-state index < -0.39 is 0 Å². The molecule has 1 aliphatic rings. The van der Waals surface area contributed by atoms with Crippen LogP contribution >= 0.6 is 0 Å². The molecule has 2 aromatic rings. The summed E-state index contributed by atoms with van der Waals surface area (Å²) in [5.74, 6) is 0.186. The van der Waals surface area contributed by atoms with Crippen molar-refractivity contribution in [3.63, 3.8) is 0 Å². The van der Waals surface area contributed by atoms with E-state index in [-0.39, 0.29) is 11.9 Å². The number of aromatic nitrogens is 2. The van der Waals surface area contributed by atoms with E-state index in [1.54, 1.807) is 6.20 Å². The predicted octanol–water partition coefficient (Wildman–Crippen LogP) is 2.35. The van der Waals surface area contributed by atoms with E-state index in [0.717, 1.165) is 31.5 Å². The van der Waals surface area contributed by atoms with E-state index in [0.29, 0.717) is 6.04 Å². The molecule has 1 fully saturated rings. The van der Waals surface area contributed by atoms with Gasteiger partial charge in [0, 0.05) is 25.5 Å². The maximum Gasteiger partial charge on any atom is 0.244 e. The van der Waals surface area contributed by atoms with Gasteiger partial charge in [-0.2, -0.15) is 0 Å². The average Bonchev–Trinajstić information content (AvgIpc) is 3.10. The molecule has 0 radical (unpaired) electrons. The molecule has 0 unspecified atom stereocenters. The van der Waals surface area contributed by atoms with Crippen LogP contribution in [-0.4, -0.2) is 52.4 Å². The summed E-state index contributed by atoms with van der Waals surface area (Å²) < 4.78 is 2.12.